The van der Waals surface area contributed by atoms with Crippen LogP contribution in [0.2, 0.25) is 0 Å². The van der Waals surface area contributed by atoms with Gasteiger partial charge in [-0.1, -0.05) is 66.7 Å². The SMILES string of the molecule is Cc1c2c(nc3ccccc13)N(c1ccccc1)C(=O)C2c1ccccc1. The predicted octanol–water partition coefficient (Wildman–Crippen LogP) is 5.35. The summed E-state index contributed by atoms with van der Waals surface area (Å²) < 4.78 is 0. The molecule has 4 aromatic rings. The first-order chi connectivity index (χ1) is 13.3. The van der Waals surface area contributed by atoms with Gasteiger partial charge in [0, 0.05) is 10.9 Å². The molecule has 0 spiro atoms. The number of hydrogen-bond acceptors (Lipinski definition) is 2. The molecule has 3 heteroatoms. The molecule has 0 saturated heterocycles. The first kappa shape index (κ1) is 15.8. The van der Waals surface area contributed by atoms with E-state index in [4.69, 9.17) is 4.98 Å². The molecule has 1 aliphatic heterocycles. The minimum absolute atomic E-state index is 0.0494. The number of nitrogens with zero attached hydrogens (tertiary/aromatic N) is 2. The molecule has 1 aromatic heterocycles. The van der Waals surface area contributed by atoms with Crippen LogP contribution in [0.3, 0.4) is 0 Å². The summed E-state index contributed by atoms with van der Waals surface area (Å²) in [5, 5.41) is 1.10. The Morgan fingerprint density at radius 3 is 2.19 bits per heavy atom. The first-order valence-electron chi connectivity index (χ1n) is 9.09. The average Bonchev–Trinajstić information content (AvgIpc) is 3.01. The van der Waals surface area contributed by atoms with Gasteiger partial charge in [-0.25, -0.2) is 4.98 Å². The van der Waals surface area contributed by atoms with Crippen molar-refractivity contribution in [3.8, 4) is 0 Å². The van der Waals surface area contributed by atoms with Crippen LogP contribution >= 0.6 is 0 Å². The van der Waals surface area contributed by atoms with Gasteiger partial charge in [0.1, 0.15) is 5.82 Å². The van der Waals surface area contributed by atoms with Crippen LogP contribution in [-0.2, 0) is 4.79 Å². The lowest BCUT2D eigenvalue weighted by Gasteiger charge is -2.17. The molecule has 1 amide bonds. The van der Waals surface area contributed by atoms with Crippen molar-refractivity contribution in [2.75, 3.05) is 4.90 Å². The fourth-order valence-corrected chi connectivity index (χ4v) is 4.03. The highest BCUT2D eigenvalue weighted by Crippen LogP contribution is 2.46. The predicted molar refractivity (Wildman–Crippen MR) is 108 cm³/mol. The quantitative estimate of drug-likeness (QED) is 0.488. The number of rotatable bonds is 2. The van der Waals surface area contributed by atoms with Gasteiger partial charge in [0.05, 0.1) is 17.1 Å². The molecular weight excluding hydrogens is 332 g/mol. The maximum absolute atomic E-state index is 13.6. The van der Waals surface area contributed by atoms with Crippen LogP contribution in [0.5, 0.6) is 0 Å². The Balaban J connectivity index is 1.83. The minimum Gasteiger partial charge on any atom is -0.273 e. The average molecular weight is 350 g/mol. The fraction of sp³-hybridized carbons (Fsp3) is 0.0833. The van der Waals surface area contributed by atoms with Crippen molar-refractivity contribution in [3.05, 3.63) is 102 Å². The number of aryl methyl sites for hydroxylation is 1. The second-order valence-corrected chi connectivity index (χ2v) is 6.84. The first-order valence-corrected chi connectivity index (χ1v) is 9.09. The van der Waals surface area contributed by atoms with Gasteiger partial charge in [-0.3, -0.25) is 9.69 Å². The monoisotopic (exact) mass is 350 g/mol. The number of benzene rings is 3. The molecule has 5 rings (SSSR count). The van der Waals surface area contributed by atoms with Gasteiger partial charge in [0.15, 0.2) is 0 Å². The van der Waals surface area contributed by atoms with Crippen LogP contribution in [0.4, 0.5) is 11.5 Å². The van der Waals surface area contributed by atoms with Gasteiger partial charge < -0.3 is 0 Å². The summed E-state index contributed by atoms with van der Waals surface area (Å²) in [4.78, 5) is 20.3. The molecule has 2 heterocycles. The normalized spacial score (nSPS) is 16.0. The van der Waals surface area contributed by atoms with Crippen molar-refractivity contribution < 1.29 is 4.79 Å². The van der Waals surface area contributed by atoms with Crippen LogP contribution in [0.1, 0.15) is 22.6 Å². The van der Waals surface area contributed by atoms with E-state index in [0.717, 1.165) is 39.1 Å². The number of carbonyl (C=O) groups is 1. The summed E-state index contributed by atoms with van der Waals surface area (Å²) in [6.07, 6.45) is 0. The molecule has 130 valence electrons. The number of pyridine rings is 1. The van der Waals surface area contributed by atoms with Crippen molar-refractivity contribution in [3.63, 3.8) is 0 Å². The van der Waals surface area contributed by atoms with E-state index in [9.17, 15) is 4.79 Å². The van der Waals surface area contributed by atoms with Gasteiger partial charge in [0.2, 0.25) is 5.91 Å². The topological polar surface area (TPSA) is 33.2 Å². The van der Waals surface area contributed by atoms with Crippen molar-refractivity contribution in [1.82, 2.24) is 4.98 Å². The number of fused-ring (bicyclic) bond motifs is 2. The molecule has 3 aromatic carbocycles. The third-order valence-corrected chi connectivity index (χ3v) is 5.29. The van der Waals surface area contributed by atoms with Crippen LogP contribution in [0.15, 0.2) is 84.9 Å². The molecule has 27 heavy (non-hydrogen) atoms. The van der Waals surface area contributed by atoms with E-state index in [1.807, 2.05) is 78.9 Å². The Hall–Kier alpha value is -3.46. The summed E-state index contributed by atoms with van der Waals surface area (Å²) in [5.74, 6) is 0.461. The molecule has 0 N–H and O–H groups in total. The summed E-state index contributed by atoms with van der Waals surface area (Å²) in [7, 11) is 0. The van der Waals surface area contributed by atoms with Crippen molar-refractivity contribution in [2.24, 2.45) is 0 Å². The Bertz CT molecular complexity index is 1150. The molecular formula is C24H18N2O. The largest absolute Gasteiger partial charge is 0.273 e. The van der Waals surface area contributed by atoms with Crippen LogP contribution < -0.4 is 4.90 Å². The molecule has 0 radical (unpaired) electrons. The number of hydrogen-bond donors (Lipinski definition) is 0. The molecule has 3 nitrogen and oxygen atoms in total. The smallest absolute Gasteiger partial charge is 0.244 e. The third kappa shape index (κ3) is 2.36. The molecule has 0 aliphatic carbocycles. The van der Waals surface area contributed by atoms with Crippen LogP contribution in [-0.4, -0.2) is 10.9 Å². The second-order valence-electron chi connectivity index (χ2n) is 6.84. The Kier molecular flexibility index (Phi) is 3.54. The summed E-state index contributed by atoms with van der Waals surface area (Å²) in [6.45, 7) is 2.10. The summed E-state index contributed by atoms with van der Waals surface area (Å²) in [6, 6.07) is 27.9. The van der Waals surface area contributed by atoms with E-state index in [-0.39, 0.29) is 11.8 Å². The van der Waals surface area contributed by atoms with Crippen LogP contribution in [0.25, 0.3) is 10.9 Å². The third-order valence-electron chi connectivity index (χ3n) is 5.29. The number of para-hydroxylation sites is 2. The lowest BCUT2D eigenvalue weighted by molar-refractivity contribution is -0.117. The Morgan fingerprint density at radius 1 is 0.815 bits per heavy atom. The van der Waals surface area contributed by atoms with Gasteiger partial charge >= 0.3 is 0 Å². The zero-order valence-electron chi connectivity index (χ0n) is 15.0. The Morgan fingerprint density at radius 2 is 1.44 bits per heavy atom. The number of amides is 1. The summed E-state index contributed by atoms with van der Waals surface area (Å²) in [5.41, 5.74) is 4.90. The summed E-state index contributed by atoms with van der Waals surface area (Å²) >= 11 is 0. The highest BCUT2D eigenvalue weighted by Gasteiger charge is 2.41. The molecule has 0 bridgehead atoms. The van der Waals surface area contributed by atoms with Crippen molar-refractivity contribution in [2.45, 2.75) is 12.8 Å². The number of carbonyl (C=O) groups excluding carboxylic acids is 1. The minimum atomic E-state index is -0.335. The van der Waals surface area contributed by atoms with E-state index in [1.54, 1.807) is 4.90 Å². The van der Waals surface area contributed by atoms with Gasteiger partial charge in [0.25, 0.3) is 0 Å². The highest BCUT2D eigenvalue weighted by molar-refractivity contribution is 6.12. The van der Waals surface area contributed by atoms with E-state index in [0.29, 0.717) is 0 Å². The second kappa shape index (κ2) is 6.06. The lowest BCUT2D eigenvalue weighted by Crippen LogP contribution is -2.24. The van der Waals surface area contributed by atoms with E-state index in [2.05, 4.69) is 13.0 Å². The number of anilines is 2. The standard InChI is InChI=1S/C24H18N2O/c1-16-19-14-8-9-15-20(19)25-23-21(16)22(17-10-4-2-5-11-17)24(27)26(23)18-12-6-3-7-13-18/h2-15,22H,1H3. The zero-order valence-corrected chi connectivity index (χ0v) is 15.0. The molecule has 1 atom stereocenters. The molecule has 0 fully saturated rings. The maximum Gasteiger partial charge on any atom is 0.244 e. The molecule has 1 aliphatic rings. The van der Waals surface area contributed by atoms with Gasteiger partial charge in [-0.2, -0.15) is 0 Å². The van der Waals surface area contributed by atoms with E-state index in [1.165, 1.54) is 0 Å². The molecule has 0 saturated carbocycles. The fourth-order valence-electron chi connectivity index (χ4n) is 4.03. The van der Waals surface area contributed by atoms with Crippen LogP contribution in [0, 0.1) is 6.92 Å². The van der Waals surface area contributed by atoms with E-state index < -0.39 is 0 Å². The maximum atomic E-state index is 13.6. The van der Waals surface area contributed by atoms with Gasteiger partial charge in [-0.15, -0.1) is 0 Å². The number of aromatic nitrogens is 1. The zero-order chi connectivity index (χ0) is 18.4. The molecule has 1 unspecified atom stereocenters. The van der Waals surface area contributed by atoms with Gasteiger partial charge in [-0.05, 0) is 36.2 Å². The van der Waals surface area contributed by atoms with Crippen molar-refractivity contribution in [1.29, 1.82) is 0 Å². The Labute approximate surface area is 157 Å². The lowest BCUT2D eigenvalue weighted by atomic mass is 9.89. The van der Waals surface area contributed by atoms with E-state index >= 15 is 0 Å². The van der Waals surface area contributed by atoms with Crippen molar-refractivity contribution >= 4 is 28.3 Å². The highest BCUT2D eigenvalue weighted by atomic mass is 16.2.